The topological polar surface area (TPSA) is 18.5 Å². The molecule has 3 heteroatoms. The number of para-hydroxylation sites is 1. The Hall–Kier alpha value is -7.20. The second-order valence-electron chi connectivity index (χ2n) is 16.1. The normalized spacial score (nSPS) is 16.0. The number of anilines is 2. The molecule has 0 bridgehead atoms. The molecule has 2 aliphatic heterocycles. The largest absolute Gasteiger partial charge is 0.307 e. The molecule has 0 aromatic heterocycles. The van der Waals surface area contributed by atoms with E-state index in [0.717, 1.165) is 33.9 Å². The molecular formula is C56H43N3. The van der Waals surface area contributed by atoms with Crippen molar-refractivity contribution in [3.8, 4) is 22.3 Å². The van der Waals surface area contributed by atoms with E-state index in [4.69, 9.17) is 0 Å². The predicted molar refractivity (Wildman–Crippen MR) is 245 cm³/mol. The van der Waals surface area contributed by atoms with Crippen molar-refractivity contribution in [1.82, 2.24) is 10.4 Å². The predicted octanol–water partition coefficient (Wildman–Crippen LogP) is 13.8. The maximum atomic E-state index is 4.14. The van der Waals surface area contributed by atoms with Gasteiger partial charge in [-0.3, -0.25) is 5.01 Å². The standard InChI is InChI=1S/C56H43N3/c1-56(2)46-34-19-17-33-45(46)51-47(56)35-21-37-49(51)58(48-36-20-18-30-42(48)38-22-7-3-8-23-38)55-44-32-16-15-31-43(44)54-50(39-24-9-4-10-25-39)52(40-26-11-5-12-27-40)57-59(54)53(55)41-28-13-6-14-29-41/h3-37,52,57H,1-2H3. The van der Waals surface area contributed by atoms with Crippen LogP contribution in [-0.2, 0) is 5.41 Å². The minimum absolute atomic E-state index is 0.0987. The monoisotopic (exact) mass is 757 g/mol. The number of fused-ring (bicyclic) bond motifs is 6. The van der Waals surface area contributed by atoms with Crippen molar-refractivity contribution < 1.29 is 0 Å². The van der Waals surface area contributed by atoms with Gasteiger partial charge in [-0.1, -0.05) is 214 Å². The molecule has 3 nitrogen and oxygen atoms in total. The highest BCUT2D eigenvalue weighted by Gasteiger charge is 2.44. The minimum Gasteiger partial charge on any atom is -0.307 e. The Kier molecular flexibility index (Phi) is 8.32. The first-order chi connectivity index (χ1) is 29.1. The molecule has 59 heavy (non-hydrogen) atoms. The maximum absolute atomic E-state index is 4.14. The molecule has 0 saturated heterocycles. The van der Waals surface area contributed by atoms with Crippen LogP contribution in [0.25, 0.3) is 44.9 Å². The number of rotatable bonds is 7. The van der Waals surface area contributed by atoms with Crippen LogP contribution in [0.5, 0.6) is 0 Å². The van der Waals surface area contributed by atoms with Crippen molar-refractivity contribution in [3.63, 3.8) is 0 Å². The quantitative estimate of drug-likeness (QED) is 0.175. The Balaban J connectivity index is 1.29. The van der Waals surface area contributed by atoms with Crippen molar-refractivity contribution in [1.29, 1.82) is 0 Å². The number of hydrogen-bond acceptors (Lipinski definition) is 3. The van der Waals surface area contributed by atoms with Crippen molar-refractivity contribution in [2.75, 3.05) is 4.90 Å². The fraction of sp³-hybridized carbons (Fsp3) is 0.0714. The molecule has 1 atom stereocenters. The fourth-order valence-corrected chi connectivity index (χ4v) is 9.81. The number of hydrazine groups is 1. The Morgan fingerprint density at radius 1 is 0.424 bits per heavy atom. The van der Waals surface area contributed by atoms with E-state index in [1.165, 1.54) is 61.3 Å². The molecular weight excluding hydrogens is 715 g/mol. The summed E-state index contributed by atoms with van der Waals surface area (Å²) in [6, 6.07) is 77.4. The Morgan fingerprint density at radius 2 is 0.932 bits per heavy atom. The summed E-state index contributed by atoms with van der Waals surface area (Å²) in [7, 11) is 0. The molecule has 2 heterocycles. The smallest absolute Gasteiger partial charge is 0.0897 e. The number of benzene rings is 8. The number of nitrogens with one attached hydrogen (secondary N) is 1. The molecule has 0 saturated carbocycles. The average Bonchev–Trinajstić information content (AvgIpc) is 3.81. The number of hydrogen-bond donors (Lipinski definition) is 1. The van der Waals surface area contributed by atoms with Gasteiger partial charge in [-0.15, -0.1) is 0 Å². The van der Waals surface area contributed by atoms with E-state index in [1.807, 2.05) is 0 Å². The van der Waals surface area contributed by atoms with Crippen molar-refractivity contribution >= 4 is 34.0 Å². The molecule has 1 N–H and O–H groups in total. The zero-order valence-corrected chi connectivity index (χ0v) is 33.2. The maximum Gasteiger partial charge on any atom is 0.0897 e. The summed E-state index contributed by atoms with van der Waals surface area (Å²) < 4.78 is 0. The van der Waals surface area contributed by atoms with E-state index in [2.05, 4.69) is 242 Å². The van der Waals surface area contributed by atoms with Crippen molar-refractivity contribution in [3.05, 3.63) is 251 Å². The molecule has 0 spiro atoms. The van der Waals surface area contributed by atoms with Crippen LogP contribution in [0.15, 0.2) is 212 Å². The lowest BCUT2D eigenvalue weighted by Gasteiger charge is -2.41. The van der Waals surface area contributed by atoms with Crippen LogP contribution < -0.4 is 10.3 Å². The average molecular weight is 758 g/mol. The molecule has 1 aliphatic carbocycles. The first-order valence-electron chi connectivity index (χ1n) is 20.6. The van der Waals surface area contributed by atoms with Crippen LogP contribution in [0.1, 0.15) is 58.8 Å². The van der Waals surface area contributed by atoms with Crippen LogP contribution in [-0.4, -0.2) is 5.01 Å². The summed E-state index contributed by atoms with van der Waals surface area (Å²) in [5.41, 5.74) is 24.3. The second kappa shape index (κ2) is 14.0. The van der Waals surface area contributed by atoms with Gasteiger partial charge < -0.3 is 4.90 Å². The second-order valence-corrected chi connectivity index (χ2v) is 16.1. The van der Waals surface area contributed by atoms with E-state index in [-0.39, 0.29) is 11.5 Å². The highest BCUT2D eigenvalue weighted by atomic mass is 15.6. The molecule has 0 fully saturated rings. The summed E-state index contributed by atoms with van der Waals surface area (Å²) in [6.07, 6.45) is 0. The molecule has 8 aromatic carbocycles. The van der Waals surface area contributed by atoms with Gasteiger partial charge >= 0.3 is 0 Å². The molecule has 1 unspecified atom stereocenters. The van der Waals surface area contributed by atoms with Gasteiger partial charge in [0.25, 0.3) is 0 Å². The molecule has 11 rings (SSSR count). The lowest BCUT2D eigenvalue weighted by atomic mass is 9.82. The third-order valence-corrected chi connectivity index (χ3v) is 12.5. The van der Waals surface area contributed by atoms with Gasteiger partial charge in [0.1, 0.15) is 0 Å². The third kappa shape index (κ3) is 5.54. The zero-order chi connectivity index (χ0) is 39.5. The minimum atomic E-state index is -0.173. The van der Waals surface area contributed by atoms with Gasteiger partial charge in [-0.05, 0) is 45.5 Å². The van der Waals surface area contributed by atoms with E-state index in [0.29, 0.717) is 0 Å². The molecule has 8 aromatic rings. The summed E-state index contributed by atoms with van der Waals surface area (Å²) in [4.78, 5) is 2.58. The van der Waals surface area contributed by atoms with Crippen LogP contribution in [0.2, 0.25) is 0 Å². The summed E-state index contributed by atoms with van der Waals surface area (Å²) in [6.45, 7) is 4.74. The first kappa shape index (κ1) is 35.0. The lowest BCUT2D eigenvalue weighted by molar-refractivity contribution is 0.403. The van der Waals surface area contributed by atoms with E-state index < -0.39 is 0 Å². The van der Waals surface area contributed by atoms with Crippen molar-refractivity contribution in [2.24, 2.45) is 0 Å². The molecule has 282 valence electrons. The van der Waals surface area contributed by atoms with E-state index >= 15 is 0 Å². The summed E-state index contributed by atoms with van der Waals surface area (Å²) in [5.74, 6) is 0. The van der Waals surface area contributed by atoms with Gasteiger partial charge in [-0.25, -0.2) is 5.43 Å². The van der Waals surface area contributed by atoms with Crippen LogP contribution >= 0.6 is 0 Å². The highest BCUT2D eigenvalue weighted by molar-refractivity contribution is 6.14. The molecule has 0 radical (unpaired) electrons. The Bertz CT molecular complexity index is 2930. The third-order valence-electron chi connectivity index (χ3n) is 12.5. The lowest BCUT2D eigenvalue weighted by Crippen LogP contribution is -2.37. The van der Waals surface area contributed by atoms with Crippen LogP contribution in [0.3, 0.4) is 0 Å². The van der Waals surface area contributed by atoms with E-state index in [9.17, 15) is 0 Å². The van der Waals surface area contributed by atoms with Crippen LogP contribution in [0.4, 0.5) is 11.4 Å². The van der Waals surface area contributed by atoms with Gasteiger partial charge in [0.2, 0.25) is 0 Å². The molecule has 3 aliphatic rings. The van der Waals surface area contributed by atoms with Crippen LogP contribution in [0, 0.1) is 0 Å². The Morgan fingerprint density at radius 3 is 1.63 bits per heavy atom. The van der Waals surface area contributed by atoms with Gasteiger partial charge in [-0.2, -0.15) is 0 Å². The Labute approximate surface area is 346 Å². The summed E-state index contributed by atoms with van der Waals surface area (Å²) in [5, 5.41) is 2.41. The van der Waals surface area contributed by atoms with Gasteiger partial charge in [0.05, 0.1) is 34.5 Å². The molecule has 0 amide bonds. The number of nitrogens with zero attached hydrogens (tertiary/aromatic N) is 2. The SMILES string of the molecule is CC1(C)c2ccccc2-c2c(N(C3=C(c4ccccc4)N4NC(c5ccccc5)C(c5ccccc5)=C4c4ccccc43)c3ccccc3-c3ccccc3)cccc21. The first-order valence-corrected chi connectivity index (χ1v) is 20.6. The highest BCUT2D eigenvalue weighted by Crippen LogP contribution is 2.58. The van der Waals surface area contributed by atoms with Gasteiger partial charge in [0, 0.05) is 38.8 Å². The van der Waals surface area contributed by atoms with E-state index in [1.54, 1.807) is 0 Å². The summed E-state index contributed by atoms with van der Waals surface area (Å²) >= 11 is 0. The van der Waals surface area contributed by atoms with Gasteiger partial charge in [0.15, 0.2) is 0 Å². The fourth-order valence-electron chi connectivity index (χ4n) is 9.81. The zero-order valence-electron chi connectivity index (χ0n) is 33.2. The van der Waals surface area contributed by atoms with Crippen molar-refractivity contribution in [2.45, 2.75) is 25.3 Å².